The number of hydrogen-bond acceptors (Lipinski definition) is 3. The molecule has 5 nitrogen and oxygen atoms in total. The highest BCUT2D eigenvalue weighted by atomic mass is 19.1. The molecular weight excluding hydrogens is 369 g/mol. The van der Waals surface area contributed by atoms with E-state index in [4.69, 9.17) is 9.47 Å². The number of nitrogens with one attached hydrogen (secondary N) is 1. The van der Waals surface area contributed by atoms with Crippen molar-refractivity contribution in [1.29, 1.82) is 0 Å². The number of likely N-dealkylation sites (tertiary alicyclic amines) is 1. The lowest BCUT2D eigenvalue weighted by Gasteiger charge is -2.34. The summed E-state index contributed by atoms with van der Waals surface area (Å²) in [6, 6.07) is 14.4. The molecule has 1 aliphatic heterocycles. The highest BCUT2D eigenvalue weighted by Gasteiger charge is 2.21. The molecule has 3 rings (SSSR count). The Morgan fingerprint density at radius 2 is 1.90 bits per heavy atom. The van der Waals surface area contributed by atoms with Crippen LogP contribution in [0.5, 0.6) is 5.75 Å². The van der Waals surface area contributed by atoms with Gasteiger partial charge < -0.3 is 19.7 Å². The van der Waals surface area contributed by atoms with Gasteiger partial charge >= 0.3 is 0 Å². The van der Waals surface area contributed by atoms with Crippen molar-refractivity contribution in [3.63, 3.8) is 0 Å². The fraction of sp³-hybridized carbons (Fsp3) is 0.435. The van der Waals surface area contributed by atoms with E-state index in [1.54, 1.807) is 6.07 Å². The topological polar surface area (TPSA) is 46.1 Å². The number of piperidine rings is 1. The molecule has 6 heteroatoms. The lowest BCUT2D eigenvalue weighted by atomic mass is 10.1. The number of guanidine groups is 1. The second-order valence-corrected chi connectivity index (χ2v) is 7.11. The zero-order valence-corrected chi connectivity index (χ0v) is 17.2. The second-order valence-electron chi connectivity index (χ2n) is 7.11. The van der Waals surface area contributed by atoms with Crippen molar-refractivity contribution in [2.24, 2.45) is 4.99 Å². The normalized spacial score (nSPS) is 15.4. The number of hydrogen-bond donors (Lipinski definition) is 1. The number of halogens is 1. The Bertz CT molecular complexity index is 787. The number of rotatable bonds is 7. The maximum Gasteiger partial charge on any atom is 0.193 e. The Labute approximate surface area is 172 Å². The number of nitrogens with zero attached hydrogens (tertiary/aromatic N) is 2. The van der Waals surface area contributed by atoms with Crippen molar-refractivity contribution >= 4 is 5.96 Å². The van der Waals surface area contributed by atoms with Crippen LogP contribution in [0.3, 0.4) is 0 Å². The molecule has 156 valence electrons. The van der Waals surface area contributed by atoms with E-state index in [1.807, 2.05) is 44.3 Å². The molecule has 1 aliphatic rings. The Kier molecular flexibility index (Phi) is 7.87. The van der Waals surface area contributed by atoms with Crippen molar-refractivity contribution in [1.82, 2.24) is 10.2 Å². The van der Waals surface area contributed by atoms with Gasteiger partial charge in [0.15, 0.2) is 5.96 Å². The molecule has 2 aromatic carbocycles. The summed E-state index contributed by atoms with van der Waals surface area (Å²) < 4.78 is 24.7. The van der Waals surface area contributed by atoms with Crippen molar-refractivity contribution in [2.45, 2.75) is 39.0 Å². The van der Waals surface area contributed by atoms with E-state index in [2.05, 4.69) is 15.2 Å². The van der Waals surface area contributed by atoms with Gasteiger partial charge in [0.1, 0.15) is 18.2 Å². The van der Waals surface area contributed by atoms with Crippen LogP contribution < -0.4 is 10.1 Å². The van der Waals surface area contributed by atoms with Crippen molar-refractivity contribution in [3.8, 4) is 5.75 Å². The third-order valence-electron chi connectivity index (χ3n) is 5.02. The van der Waals surface area contributed by atoms with Gasteiger partial charge in [-0.3, -0.25) is 4.99 Å². The first-order valence-electron chi connectivity index (χ1n) is 10.2. The smallest absolute Gasteiger partial charge is 0.193 e. The van der Waals surface area contributed by atoms with Crippen LogP contribution >= 0.6 is 0 Å². The summed E-state index contributed by atoms with van der Waals surface area (Å²) in [6.07, 6.45) is 2.44. The van der Waals surface area contributed by atoms with Crippen LogP contribution in [-0.2, 0) is 17.9 Å². The molecule has 0 bridgehead atoms. The molecule has 0 unspecified atom stereocenters. The van der Waals surface area contributed by atoms with Gasteiger partial charge in [0.05, 0.1) is 6.10 Å². The summed E-state index contributed by atoms with van der Waals surface area (Å²) in [5.74, 6) is 1.44. The zero-order valence-electron chi connectivity index (χ0n) is 17.2. The first-order valence-corrected chi connectivity index (χ1v) is 10.2. The maximum atomic E-state index is 13.2. The van der Waals surface area contributed by atoms with E-state index < -0.39 is 0 Å². The lowest BCUT2D eigenvalue weighted by molar-refractivity contribution is 0.0263. The van der Waals surface area contributed by atoms with Crippen LogP contribution in [0.25, 0.3) is 0 Å². The first-order chi connectivity index (χ1) is 14.2. The molecule has 2 aromatic rings. The molecule has 0 amide bonds. The summed E-state index contributed by atoms with van der Waals surface area (Å²) in [5, 5.41) is 3.44. The molecule has 29 heavy (non-hydrogen) atoms. The molecule has 1 heterocycles. The van der Waals surface area contributed by atoms with Crippen LogP contribution in [0.2, 0.25) is 0 Å². The maximum absolute atomic E-state index is 13.2. The van der Waals surface area contributed by atoms with Crippen molar-refractivity contribution < 1.29 is 13.9 Å². The van der Waals surface area contributed by atoms with Crippen molar-refractivity contribution in [3.05, 3.63) is 65.5 Å². The molecule has 1 saturated heterocycles. The molecule has 1 N–H and O–H groups in total. The summed E-state index contributed by atoms with van der Waals surface area (Å²) in [7, 11) is 1.82. The van der Waals surface area contributed by atoms with Gasteiger partial charge in [-0.15, -0.1) is 0 Å². The Morgan fingerprint density at radius 3 is 2.55 bits per heavy atom. The summed E-state index contributed by atoms with van der Waals surface area (Å²) >= 11 is 0. The third kappa shape index (κ3) is 6.46. The standard InChI is InChI=1S/C23H30FN3O2/c1-3-28-22-11-13-27(14-12-22)23(25-2)26-16-18-7-9-21(10-8-18)29-17-19-5-4-6-20(24)15-19/h4-10,15,22H,3,11-14,16-17H2,1-2H3,(H,25,26). The second kappa shape index (κ2) is 10.8. The van der Waals surface area contributed by atoms with Gasteiger partial charge in [0.25, 0.3) is 0 Å². The Morgan fingerprint density at radius 1 is 1.14 bits per heavy atom. The quantitative estimate of drug-likeness (QED) is 0.565. The SMILES string of the molecule is CCOC1CCN(C(=NC)NCc2ccc(OCc3cccc(F)c3)cc2)CC1. The third-order valence-corrected chi connectivity index (χ3v) is 5.02. The minimum absolute atomic E-state index is 0.247. The van der Waals surface area contributed by atoms with E-state index >= 15 is 0 Å². The predicted octanol–water partition coefficient (Wildman–Crippen LogP) is 3.98. The van der Waals surface area contributed by atoms with Crippen LogP contribution in [0.1, 0.15) is 30.9 Å². The minimum Gasteiger partial charge on any atom is -0.489 e. The van der Waals surface area contributed by atoms with Crippen LogP contribution in [-0.4, -0.2) is 43.7 Å². The molecule has 0 radical (unpaired) electrons. The average molecular weight is 400 g/mol. The minimum atomic E-state index is -0.247. The highest BCUT2D eigenvalue weighted by molar-refractivity contribution is 5.79. The van der Waals surface area contributed by atoms with Gasteiger partial charge in [-0.1, -0.05) is 24.3 Å². The van der Waals surface area contributed by atoms with Crippen LogP contribution in [0, 0.1) is 5.82 Å². The van der Waals surface area contributed by atoms with Crippen LogP contribution in [0.15, 0.2) is 53.5 Å². The van der Waals surface area contributed by atoms with Gasteiger partial charge in [0.2, 0.25) is 0 Å². The number of aliphatic imine (C=N–C) groups is 1. The van der Waals surface area contributed by atoms with E-state index in [1.165, 1.54) is 12.1 Å². The van der Waals surface area contributed by atoms with E-state index in [0.717, 1.165) is 55.4 Å². The van der Waals surface area contributed by atoms with E-state index in [0.29, 0.717) is 19.3 Å². The largest absolute Gasteiger partial charge is 0.489 e. The monoisotopic (exact) mass is 399 g/mol. The summed E-state index contributed by atoms with van der Waals surface area (Å²) in [5.41, 5.74) is 1.96. The average Bonchev–Trinajstić information content (AvgIpc) is 2.75. The summed E-state index contributed by atoms with van der Waals surface area (Å²) in [4.78, 5) is 6.70. The van der Waals surface area contributed by atoms with Gasteiger partial charge in [0, 0.05) is 33.3 Å². The molecule has 0 saturated carbocycles. The van der Waals surface area contributed by atoms with E-state index in [-0.39, 0.29) is 5.82 Å². The Hall–Kier alpha value is -2.60. The number of benzene rings is 2. The fourth-order valence-electron chi connectivity index (χ4n) is 3.48. The zero-order chi connectivity index (χ0) is 20.5. The predicted molar refractivity (Wildman–Crippen MR) is 114 cm³/mol. The van der Waals surface area contributed by atoms with Crippen molar-refractivity contribution in [2.75, 3.05) is 26.7 Å². The van der Waals surface area contributed by atoms with Crippen LogP contribution in [0.4, 0.5) is 4.39 Å². The Balaban J connectivity index is 1.45. The summed E-state index contributed by atoms with van der Waals surface area (Å²) in [6.45, 7) is 5.78. The molecule has 0 aliphatic carbocycles. The van der Waals surface area contributed by atoms with Gasteiger partial charge in [-0.05, 0) is 55.2 Å². The van der Waals surface area contributed by atoms with Gasteiger partial charge in [-0.25, -0.2) is 4.39 Å². The molecular formula is C23H30FN3O2. The van der Waals surface area contributed by atoms with Gasteiger partial charge in [-0.2, -0.15) is 0 Å². The molecule has 0 spiro atoms. The molecule has 0 aromatic heterocycles. The fourth-order valence-corrected chi connectivity index (χ4v) is 3.48. The van der Waals surface area contributed by atoms with E-state index in [9.17, 15) is 4.39 Å². The molecule has 1 fully saturated rings. The first kappa shape index (κ1) is 21.1. The lowest BCUT2D eigenvalue weighted by Crippen LogP contribution is -2.46. The molecule has 0 atom stereocenters. The highest BCUT2D eigenvalue weighted by Crippen LogP contribution is 2.16. The number of ether oxygens (including phenoxy) is 2.